The summed E-state index contributed by atoms with van der Waals surface area (Å²) in [4.78, 5) is 45.0. The SMILES string of the molecule is COC(=O)C1=C(C)N=C(C)C(C(=O)OC)C1c1cccc(NC(=O)NCCNC2CCN(c3cccc(Cl)c3)CC2)c1. The normalized spacial score (nSPS) is 19.2. The van der Waals surface area contributed by atoms with Crippen molar-refractivity contribution in [3.05, 3.63) is 70.4 Å². The lowest BCUT2D eigenvalue weighted by atomic mass is 9.75. The Morgan fingerprint density at radius 2 is 1.74 bits per heavy atom. The van der Waals surface area contributed by atoms with Gasteiger partial charge in [0.05, 0.1) is 19.8 Å². The van der Waals surface area contributed by atoms with Crippen LogP contribution in [-0.4, -0.2) is 70.1 Å². The van der Waals surface area contributed by atoms with Gasteiger partial charge in [-0.3, -0.25) is 9.79 Å². The minimum Gasteiger partial charge on any atom is -0.468 e. The van der Waals surface area contributed by atoms with Crippen molar-refractivity contribution in [3.63, 3.8) is 0 Å². The standard InChI is InChI=1S/C31H38ClN5O5/c1-19-26(29(38)41-3)28(27(20(2)35-19)30(39)42-4)21-7-5-9-24(17-21)36-31(40)34-14-13-33-23-11-15-37(16-12-23)25-10-6-8-22(32)18-25/h5-10,17-18,23,26,28,33H,11-16H2,1-4H3,(H2,34,36,40). The second-order valence-corrected chi connectivity index (χ2v) is 10.9. The Kier molecular flexibility index (Phi) is 10.6. The molecule has 224 valence electrons. The summed E-state index contributed by atoms with van der Waals surface area (Å²) < 4.78 is 10.1. The average Bonchev–Trinajstić information content (AvgIpc) is 2.98. The largest absolute Gasteiger partial charge is 0.468 e. The van der Waals surface area contributed by atoms with Gasteiger partial charge < -0.3 is 30.3 Å². The summed E-state index contributed by atoms with van der Waals surface area (Å²) in [5.74, 6) is -2.56. The summed E-state index contributed by atoms with van der Waals surface area (Å²) in [7, 11) is 2.59. The molecule has 0 aliphatic carbocycles. The van der Waals surface area contributed by atoms with Crippen molar-refractivity contribution in [2.45, 2.75) is 38.6 Å². The number of allylic oxidation sites excluding steroid dienone is 1. The number of urea groups is 1. The molecule has 2 aromatic carbocycles. The summed E-state index contributed by atoms with van der Waals surface area (Å²) in [5.41, 5.74) is 3.62. The van der Waals surface area contributed by atoms with Gasteiger partial charge in [0, 0.05) is 65.9 Å². The molecule has 2 atom stereocenters. The summed E-state index contributed by atoms with van der Waals surface area (Å²) in [5, 5.41) is 10.0. The average molecular weight is 596 g/mol. The monoisotopic (exact) mass is 595 g/mol. The Balaban J connectivity index is 1.31. The van der Waals surface area contributed by atoms with E-state index in [0.29, 0.717) is 41.8 Å². The zero-order chi connectivity index (χ0) is 30.2. The van der Waals surface area contributed by atoms with Gasteiger partial charge in [0.1, 0.15) is 5.92 Å². The number of ether oxygens (including phenoxy) is 2. The fourth-order valence-electron chi connectivity index (χ4n) is 5.66. The maximum absolute atomic E-state index is 12.8. The highest BCUT2D eigenvalue weighted by molar-refractivity contribution is 6.30. The molecule has 0 radical (unpaired) electrons. The van der Waals surface area contributed by atoms with E-state index in [2.05, 4.69) is 31.9 Å². The number of piperidine rings is 1. The van der Waals surface area contributed by atoms with Crippen LogP contribution in [0.3, 0.4) is 0 Å². The lowest BCUT2D eigenvalue weighted by molar-refractivity contribution is -0.143. The Labute approximate surface area is 251 Å². The van der Waals surface area contributed by atoms with Crippen LogP contribution in [0.5, 0.6) is 0 Å². The summed E-state index contributed by atoms with van der Waals surface area (Å²) in [6.45, 7) is 6.43. The first kappa shape index (κ1) is 31.1. The predicted octanol–water partition coefficient (Wildman–Crippen LogP) is 4.51. The predicted molar refractivity (Wildman–Crippen MR) is 164 cm³/mol. The number of aliphatic imine (C=N–C) groups is 1. The van der Waals surface area contributed by atoms with E-state index in [0.717, 1.165) is 36.6 Å². The van der Waals surface area contributed by atoms with Gasteiger partial charge in [-0.15, -0.1) is 0 Å². The molecule has 10 nitrogen and oxygen atoms in total. The molecular formula is C31H38ClN5O5. The molecule has 0 spiro atoms. The Morgan fingerprint density at radius 3 is 2.43 bits per heavy atom. The molecule has 2 aromatic rings. The van der Waals surface area contributed by atoms with Crippen molar-refractivity contribution < 1.29 is 23.9 Å². The number of carbonyl (C=O) groups excluding carboxylic acids is 3. The molecule has 2 aliphatic rings. The van der Waals surface area contributed by atoms with Gasteiger partial charge in [0.2, 0.25) is 0 Å². The fourth-order valence-corrected chi connectivity index (χ4v) is 5.84. The zero-order valence-electron chi connectivity index (χ0n) is 24.4. The van der Waals surface area contributed by atoms with Gasteiger partial charge in [-0.05, 0) is 62.6 Å². The first-order valence-electron chi connectivity index (χ1n) is 14.0. The smallest absolute Gasteiger partial charge is 0.336 e. The molecule has 2 heterocycles. The van der Waals surface area contributed by atoms with E-state index >= 15 is 0 Å². The third-order valence-corrected chi connectivity index (χ3v) is 7.94. The molecule has 2 amide bonds. The van der Waals surface area contributed by atoms with Gasteiger partial charge in [-0.2, -0.15) is 0 Å². The number of nitrogens with zero attached hydrogens (tertiary/aromatic N) is 2. The number of hydrogen-bond donors (Lipinski definition) is 3. The minimum atomic E-state index is -0.805. The lowest BCUT2D eigenvalue weighted by Crippen LogP contribution is -2.45. The highest BCUT2D eigenvalue weighted by Gasteiger charge is 2.42. The molecule has 0 saturated carbocycles. The van der Waals surface area contributed by atoms with Crippen molar-refractivity contribution >= 4 is 46.7 Å². The van der Waals surface area contributed by atoms with Crippen LogP contribution >= 0.6 is 11.6 Å². The summed E-state index contributed by atoms with van der Waals surface area (Å²) >= 11 is 6.13. The highest BCUT2D eigenvalue weighted by atomic mass is 35.5. The number of nitrogens with one attached hydrogen (secondary N) is 3. The van der Waals surface area contributed by atoms with Crippen LogP contribution in [0, 0.1) is 5.92 Å². The van der Waals surface area contributed by atoms with Crippen molar-refractivity contribution in [1.82, 2.24) is 10.6 Å². The zero-order valence-corrected chi connectivity index (χ0v) is 25.2. The van der Waals surface area contributed by atoms with Crippen LogP contribution in [0.1, 0.15) is 38.2 Å². The van der Waals surface area contributed by atoms with Gasteiger partial charge in [0.25, 0.3) is 0 Å². The molecule has 0 bridgehead atoms. The molecule has 1 fully saturated rings. The Bertz CT molecular complexity index is 1370. The number of rotatable bonds is 9. The number of hydrogen-bond acceptors (Lipinski definition) is 8. The molecule has 2 unspecified atom stereocenters. The van der Waals surface area contributed by atoms with Crippen LogP contribution in [0.15, 0.2) is 64.8 Å². The first-order chi connectivity index (χ1) is 20.2. The summed E-state index contributed by atoms with van der Waals surface area (Å²) in [6.07, 6.45) is 2.01. The quantitative estimate of drug-likeness (QED) is 0.288. The van der Waals surface area contributed by atoms with E-state index in [4.69, 9.17) is 21.1 Å². The molecule has 0 aromatic heterocycles. The number of methoxy groups -OCH3 is 2. The van der Waals surface area contributed by atoms with Gasteiger partial charge >= 0.3 is 18.0 Å². The Hall–Kier alpha value is -3.89. The molecule has 42 heavy (non-hydrogen) atoms. The minimum absolute atomic E-state index is 0.282. The maximum Gasteiger partial charge on any atom is 0.336 e. The number of anilines is 2. The Morgan fingerprint density at radius 1 is 1.00 bits per heavy atom. The molecular weight excluding hydrogens is 558 g/mol. The van der Waals surface area contributed by atoms with Crippen LogP contribution in [0.4, 0.5) is 16.2 Å². The number of esters is 2. The van der Waals surface area contributed by atoms with E-state index in [9.17, 15) is 14.4 Å². The molecule has 4 rings (SSSR count). The van der Waals surface area contributed by atoms with E-state index in [1.165, 1.54) is 14.2 Å². The van der Waals surface area contributed by atoms with E-state index in [1.807, 2.05) is 18.2 Å². The van der Waals surface area contributed by atoms with Crippen LogP contribution in [0.2, 0.25) is 5.02 Å². The van der Waals surface area contributed by atoms with Crippen molar-refractivity contribution in [2.24, 2.45) is 10.9 Å². The topological polar surface area (TPSA) is 121 Å². The first-order valence-corrected chi connectivity index (χ1v) is 14.4. The van der Waals surface area contributed by atoms with Gasteiger partial charge in [0.15, 0.2) is 0 Å². The van der Waals surface area contributed by atoms with Crippen LogP contribution in [0.25, 0.3) is 0 Å². The molecule has 11 heteroatoms. The lowest BCUT2D eigenvalue weighted by Gasteiger charge is -2.34. The van der Waals surface area contributed by atoms with E-state index < -0.39 is 23.8 Å². The number of halogens is 1. The molecule has 1 saturated heterocycles. The van der Waals surface area contributed by atoms with E-state index in [1.54, 1.807) is 38.1 Å². The fraction of sp³-hybridized carbons (Fsp3) is 0.419. The number of amides is 2. The third kappa shape index (κ3) is 7.49. The number of carbonyl (C=O) groups is 3. The van der Waals surface area contributed by atoms with Gasteiger partial charge in [-0.25, -0.2) is 9.59 Å². The summed E-state index contributed by atoms with van der Waals surface area (Å²) in [6, 6.07) is 15.0. The number of benzene rings is 2. The van der Waals surface area contributed by atoms with Crippen LogP contribution < -0.4 is 20.9 Å². The van der Waals surface area contributed by atoms with E-state index in [-0.39, 0.29) is 11.6 Å². The maximum atomic E-state index is 12.8. The van der Waals surface area contributed by atoms with Crippen molar-refractivity contribution in [3.8, 4) is 0 Å². The van der Waals surface area contributed by atoms with Gasteiger partial charge in [-0.1, -0.05) is 29.8 Å². The third-order valence-electron chi connectivity index (χ3n) is 7.70. The molecule has 3 N–H and O–H groups in total. The second-order valence-electron chi connectivity index (χ2n) is 10.4. The highest BCUT2D eigenvalue weighted by Crippen LogP contribution is 2.40. The van der Waals surface area contributed by atoms with Crippen molar-refractivity contribution in [1.29, 1.82) is 0 Å². The molecule has 2 aliphatic heterocycles. The van der Waals surface area contributed by atoms with Crippen molar-refractivity contribution in [2.75, 3.05) is 50.6 Å². The van der Waals surface area contributed by atoms with Crippen LogP contribution in [-0.2, 0) is 19.1 Å². The second kappa shape index (κ2) is 14.3.